The molecule has 0 saturated heterocycles. The van der Waals surface area contributed by atoms with Gasteiger partial charge in [-0.3, -0.25) is 19.2 Å². The average Bonchev–Trinajstić information content (AvgIpc) is 3.35. The SMILES string of the molecule is Cc1ccc(-n2c(SCC(=O)N3c4ccccc4Sc4ccccc43)nnc2-c2cccnc2)cc1. The topological polar surface area (TPSA) is 63.9 Å². The quantitative estimate of drug-likeness (QED) is 0.251. The van der Waals surface area contributed by atoms with Gasteiger partial charge in [0.1, 0.15) is 0 Å². The number of amides is 1. The number of anilines is 2. The van der Waals surface area contributed by atoms with E-state index in [1.54, 1.807) is 24.2 Å². The van der Waals surface area contributed by atoms with E-state index in [0.29, 0.717) is 11.0 Å². The molecular weight excluding hydrogens is 486 g/mol. The molecule has 1 amide bonds. The molecule has 0 radical (unpaired) electrons. The van der Waals surface area contributed by atoms with Crippen molar-refractivity contribution in [3.63, 3.8) is 0 Å². The van der Waals surface area contributed by atoms with E-state index in [-0.39, 0.29) is 11.7 Å². The highest BCUT2D eigenvalue weighted by atomic mass is 32.2. The van der Waals surface area contributed by atoms with E-state index in [4.69, 9.17) is 0 Å². The number of carbonyl (C=O) groups is 1. The Labute approximate surface area is 217 Å². The zero-order valence-corrected chi connectivity index (χ0v) is 21.0. The minimum atomic E-state index is -0.0124. The highest BCUT2D eigenvalue weighted by Crippen LogP contribution is 2.48. The first-order chi connectivity index (χ1) is 17.7. The van der Waals surface area contributed by atoms with Gasteiger partial charge < -0.3 is 0 Å². The van der Waals surface area contributed by atoms with Crippen molar-refractivity contribution in [1.29, 1.82) is 0 Å². The van der Waals surface area contributed by atoms with Crippen LogP contribution in [-0.2, 0) is 4.79 Å². The summed E-state index contributed by atoms with van der Waals surface area (Å²) in [7, 11) is 0. The molecule has 0 saturated carbocycles. The van der Waals surface area contributed by atoms with E-state index < -0.39 is 0 Å². The molecule has 6 rings (SSSR count). The first-order valence-electron chi connectivity index (χ1n) is 11.4. The standard InChI is InChI=1S/C28H21N5OS2/c1-19-12-14-21(15-13-19)32-27(20-7-6-16-29-17-20)30-31-28(32)35-18-26(34)33-22-8-2-4-10-24(22)36-25-11-5-3-9-23(25)33/h2-17H,18H2,1H3. The molecule has 1 aliphatic heterocycles. The van der Waals surface area contributed by atoms with Gasteiger partial charge in [0, 0.05) is 33.4 Å². The molecule has 0 fully saturated rings. The maximum atomic E-state index is 13.7. The van der Waals surface area contributed by atoms with Crippen molar-refractivity contribution in [2.75, 3.05) is 10.7 Å². The number of carbonyl (C=O) groups excluding carboxylic acids is 1. The summed E-state index contributed by atoms with van der Waals surface area (Å²) in [5.74, 6) is 0.887. The Morgan fingerprint density at radius 3 is 2.22 bits per heavy atom. The first-order valence-corrected chi connectivity index (χ1v) is 13.2. The number of fused-ring (bicyclic) bond motifs is 2. The van der Waals surface area contributed by atoms with Crippen LogP contribution in [0.3, 0.4) is 0 Å². The van der Waals surface area contributed by atoms with Gasteiger partial charge in [0.15, 0.2) is 11.0 Å². The molecule has 5 aromatic rings. The van der Waals surface area contributed by atoms with Crippen LogP contribution in [0.15, 0.2) is 112 Å². The van der Waals surface area contributed by atoms with E-state index >= 15 is 0 Å². The molecule has 0 unspecified atom stereocenters. The fourth-order valence-corrected chi connectivity index (χ4v) is 6.00. The van der Waals surface area contributed by atoms with Crippen molar-refractivity contribution in [2.24, 2.45) is 0 Å². The lowest BCUT2D eigenvalue weighted by molar-refractivity contribution is -0.115. The number of hydrogen-bond donors (Lipinski definition) is 0. The Bertz CT molecular complexity index is 1500. The molecule has 0 spiro atoms. The van der Waals surface area contributed by atoms with Crippen LogP contribution in [0.1, 0.15) is 5.56 Å². The molecule has 2 aromatic heterocycles. The molecule has 3 heterocycles. The summed E-state index contributed by atoms with van der Waals surface area (Å²) in [6.45, 7) is 2.05. The number of rotatable bonds is 5. The first kappa shape index (κ1) is 22.6. The van der Waals surface area contributed by atoms with Crippen LogP contribution >= 0.6 is 23.5 Å². The minimum absolute atomic E-state index is 0.0124. The van der Waals surface area contributed by atoms with E-state index in [0.717, 1.165) is 32.4 Å². The smallest absolute Gasteiger partial charge is 0.242 e. The average molecular weight is 508 g/mol. The predicted molar refractivity (Wildman–Crippen MR) is 144 cm³/mol. The molecule has 1 aliphatic rings. The van der Waals surface area contributed by atoms with Crippen molar-refractivity contribution in [1.82, 2.24) is 19.7 Å². The third kappa shape index (κ3) is 4.19. The third-order valence-corrected chi connectivity index (χ3v) is 7.90. The molecule has 6 nitrogen and oxygen atoms in total. The molecule has 176 valence electrons. The van der Waals surface area contributed by atoms with Gasteiger partial charge in [0.25, 0.3) is 0 Å². The second-order valence-electron chi connectivity index (χ2n) is 8.27. The number of para-hydroxylation sites is 2. The van der Waals surface area contributed by atoms with Crippen molar-refractivity contribution >= 4 is 40.8 Å². The van der Waals surface area contributed by atoms with Crippen LogP contribution in [0.5, 0.6) is 0 Å². The molecule has 36 heavy (non-hydrogen) atoms. The monoisotopic (exact) mass is 507 g/mol. The normalized spacial score (nSPS) is 12.2. The highest BCUT2D eigenvalue weighted by molar-refractivity contribution is 8.00. The largest absolute Gasteiger partial charge is 0.278 e. The molecular formula is C28H21N5OS2. The summed E-state index contributed by atoms with van der Waals surface area (Å²) in [6, 6.07) is 28.1. The molecule has 8 heteroatoms. The molecule has 0 aliphatic carbocycles. The second kappa shape index (κ2) is 9.64. The van der Waals surface area contributed by atoms with Gasteiger partial charge in [-0.2, -0.15) is 0 Å². The highest BCUT2D eigenvalue weighted by Gasteiger charge is 2.28. The number of aryl methyl sites for hydroxylation is 1. The molecule has 0 atom stereocenters. The maximum absolute atomic E-state index is 13.7. The van der Waals surface area contributed by atoms with Crippen LogP contribution in [0, 0.1) is 6.92 Å². The lowest BCUT2D eigenvalue weighted by atomic mass is 10.2. The Morgan fingerprint density at radius 2 is 1.56 bits per heavy atom. The van der Waals surface area contributed by atoms with Crippen molar-refractivity contribution < 1.29 is 4.79 Å². The van der Waals surface area contributed by atoms with Gasteiger partial charge in [-0.15, -0.1) is 10.2 Å². The van der Waals surface area contributed by atoms with Crippen LogP contribution in [0.25, 0.3) is 17.1 Å². The molecule has 0 bridgehead atoms. The molecule has 3 aromatic carbocycles. The predicted octanol–water partition coefficient (Wildman–Crippen LogP) is 6.56. The van der Waals surface area contributed by atoms with Crippen LogP contribution in [-0.4, -0.2) is 31.4 Å². The second-order valence-corrected chi connectivity index (χ2v) is 10.3. The van der Waals surface area contributed by atoms with Gasteiger partial charge >= 0.3 is 0 Å². The summed E-state index contributed by atoms with van der Waals surface area (Å²) in [4.78, 5) is 21.9. The number of thioether (sulfide) groups is 1. The zero-order chi connectivity index (χ0) is 24.5. The summed E-state index contributed by atoms with van der Waals surface area (Å²) in [5.41, 5.74) is 4.77. The van der Waals surface area contributed by atoms with Crippen LogP contribution in [0.4, 0.5) is 11.4 Å². The van der Waals surface area contributed by atoms with Gasteiger partial charge in [-0.25, -0.2) is 0 Å². The Balaban J connectivity index is 1.34. The van der Waals surface area contributed by atoms with Gasteiger partial charge in [0.2, 0.25) is 5.91 Å². The van der Waals surface area contributed by atoms with E-state index in [9.17, 15) is 4.79 Å². The van der Waals surface area contributed by atoms with E-state index in [2.05, 4.69) is 46.4 Å². The van der Waals surface area contributed by atoms with Gasteiger partial charge in [-0.05, 0) is 55.5 Å². The summed E-state index contributed by atoms with van der Waals surface area (Å²) < 4.78 is 1.99. The summed E-state index contributed by atoms with van der Waals surface area (Å²) >= 11 is 3.07. The van der Waals surface area contributed by atoms with Crippen molar-refractivity contribution in [3.8, 4) is 17.1 Å². The Hall–Kier alpha value is -3.88. The summed E-state index contributed by atoms with van der Waals surface area (Å²) in [6.07, 6.45) is 3.50. The minimum Gasteiger partial charge on any atom is -0.278 e. The number of nitrogens with zero attached hydrogens (tertiary/aromatic N) is 5. The van der Waals surface area contributed by atoms with Crippen molar-refractivity contribution in [2.45, 2.75) is 21.9 Å². The lowest BCUT2D eigenvalue weighted by Crippen LogP contribution is -2.30. The number of pyridine rings is 1. The zero-order valence-electron chi connectivity index (χ0n) is 19.4. The number of aromatic nitrogens is 4. The Kier molecular flexibility index (Phi) is 6.04. The van der Waals surface area contributed by atoms with Crippen LogP contribution in [0.2, 0.25) is 0 Å². The van der Waals surface area contributed by atoms with Crippen LogP contribution < -0.4 is 4.90 Å². The maximum Gasteiger partial charge on any atom is 0.242 e. The van der Waals surface area contributed by atoms with E-state index in [1.807, 2.05) is 70.1 Å². The Morgan fingerprint density at radius 1 is 0.861 bits per heavy atom. The van der Waals surface area contributed by atoms with Crippen molar-refractivity contribution in [3.05, 3.63) is 103 Å². The summed E-state index contributed by atoms with van der Waals surface area (Å²) in [5, 5.41) is 9.59. The number of hydrogen-bond acceptors (Lipinski definition) is 6. The fraction of sp³-hybridized carbons (Fsp3) is 0.0714. The number of benzene rings is 3. The third-order valence-electron chi connectivity index (χ3n) is 5.85. The lowest BCUT2D eigenvalue weighted by Gasteiger charge is -2.30. The van der Waals surface area contributed by atoms with Gasteiger partial charge in [-0.1, -0.05) is 65.5 Å². The fourth-order valence-electron chi connectivity index (χ4n) is 4.14. The molecule has 0 N–H and O–H groups in total. The van der Waals surface area contributed by atoms with Gasteiger partial charge in [0.05, 0.1) is 17.1 Å². The van der Waals surface area contributed by atoms with E-state index in [1.165, 1.54) is 17.3 Å².